The van der Waals surface area contributed by atoms with Gasteiger partial charge >= 0.3 is 11.6 Å². The Hall–Kier alpha value is -1.53. The van der Waals surface area contributed by atoms with Crippen LogP contribution in [0.2, 0.25) is 18.1 Å². The third kappa shape index (κ3) is 3.62. The number of amides is 1. The van der Waals surface area contributed by atoms with E-state index < -0.39 is 8.32 Å². The number of hydrogen-bond donors (Lipinski definition) is 0. The Morgan fingerprint density at radius 2 is 1.77 bits per heavy atom. The van der Waals surface area contributed by atoms with Gasteiger partial charge in [-0.25, -0.2) is 0 Å². The van der Waals surface area contributed by atoms with E-state index in [0.29, 0.717) is 29.8 Å². The number of carbonyl (C=O) groups excluding carboxylic acids is 1. The van der Waals surface area contributed by atoms with Gasteiger partial charge in [-0.1, -0.05) is 37.9 Å². The molecule has 5 nitrogen and oxygen atoms in total. The van der Waals surface area contributed by atoms with E-state index in [-0.39, 0.29) is 10.9 Å². The molecular weight excluding hydrogens is 344 g/mol. The number of carbonyl (C=O) groups is 1. The van der Waals surface area contributed by atoms with Gasteiger partial charge in [0.2, 0.25) is 0 Å². The number of hydrogen-bond acceptors (Lipinski definition) is 3. The molecule has 142 valence electrons. The van der Waals surface area contributed by atoms with E-state index in [0.717, 1.165) is 30.6 Å². The highest BCUT2D eigenvalue weighted by atomic mass is 28.4. The number of fused-ring (bicyclic) bond motifs is 1. The van der Waals surface area contributed by atoms with Gasteiger partial charge in [-0.15, -0.1) is 0 Å². The number of benzene rings is 1. The van der Waals surface area contributed by atoms with E-state index in [1.807, 2.05) is 0 Å². The van der Waals surface area contributed by atoms with E-state index >= 15 is 0 Å². The van der Waals surface area contributed by atoms with Crippen molar-refractivity contribution in [1.82, 2.24) is 5.01 Å². The SMILES string of the molecule is CC(C)(C)[Si](C)(C)OC1CCC(CN2C(=O)c3ccccc3[N+]2=O)CC1. The van der Waals surface area contributed by atoms with Crippen molar-refractivity contribution in [3.8, 4) is 0 Å². The molecule has 1 fully saturated rings. The van der Waals surface area contributed by atoms with Crippen LogP contribution < -0.4 is 0 Å². The molecular formula is C20H31N2O3Si+. The highest BCUT2D eigenvalue weighted by Gasteiger charge is 2.45. The molecule has 0 spiro atoms. The number of hydrazine groups is 1. The molecule has 0 aromatic heterocycles. The van der Waals surface area contributed by atoms with Gasteiger partial charge in [-0.3, -0.25) is 4.79 Å². The van der Waals surface area contributed by atoms with Gasteiger partial charge in [0.1, 0.15) is 5.56 Å². The number of para-hydroxylation sites is 1. The first kappa shape index (κ1) is 19.2. The van der Waals surface area contributed by atoms with Gasteiger partial charge in [0, 0.05) is 12.2 Å². The van der Waals surface area contributed by atoms with Crippen molar-refractivity contribution < 1.29 is 14.1 Å². The predicted molar refractivity (Wildman–Crippen MR) is 105 cm³/mol. The molecule has 0 saturated heterocycles. The van der Waals surface area contributed by atoms with Crippen molar-refractivity contribution in [2.75, 3.05) is 6.54 Å². The summed E-state index contributed by atoms with van der Waals surface area (Å²) in [5.41, 5.74) is 0.977. The van der Waals surface area contributed by atoms with Gasteiger partial charge in [-0.2, -0.15) is 0 Å². The van der Waals surface area contributed by atoms with Crippen molar-refractivity contribution in [3.63, 3.8) is 0 Å². The van der Waals surface area contributed by atoms with Crippen LogP contribution in [0.5, 0.6) is 0 Å². The van der Waals surface area contributed by atoms with Crippen LogP contribution in [0.1, 0.15) is 56.8 Å². The fourth-order valence-electron chi connectivity index (χ4n) is 3.60. The molecule has 0 N–H and O–H groups in total. The Morgan fingerprint density at radius 1 is 1.15 bits per heavy atom. The van der Waals surface area contributed by atoms with Crippen molar-refractivity contribution in [2.45, 2.75) is 70.7 Å². The summed E-state index contributed by atoms with van der Waals surface area (Å²) < 4.78 is 6.54. The minimum absolute atomic E-state index is 0.171. The highest BCUT2D eigenvalue weighted by molar-refractivity contribution is 6.74. The topological polar surface area (TPSA) is 49.6 Å². The zero-order valence-electron chi connectivity index (χ0n) is 16.6. The lowest BCUT2D eigenvalue weighted by molar-refractivity contribution is -0.612. The Kier molecular flexibility index (Phi) is 5.10. The van der Waals surface area contributed by atoms with Gasteiger partial charge in [-0.05, 0) is 55.8 Å². The summed E-state index contributed by atoms with van der Waals surface area (Å²) >= 11 is 0. The summed E-state index contributed by atoms with van der Waals surface area (Å²) in [7, 11) is -1.74. The Bertz CT molecular complexity index is 668. The Balaban J connectivity index is 1.56. The minimum atomic E-state index is -1.74. The molecule has 3 rings (SSSR count). The number of rotatable bonds is 4. The van der Waals surface area contributed by atoms with Crippen LogP contribution in [-0.4, -0.2) is 36.8 Å². The van der Waals surface area contributed by atoms with Crippen LogP contribution in [0.4, 0.5) is 5.69 Å². The second-order valence-corrected chi connectivity index (χ2v) is 14.0. The Morgan fingerprint density at radius 3 is 2.35 bits per heavy atom. The van der Waals surface area contributed by atoms with Crippen LogP contribution in [0.15, 0.2) is 24.3 Å². The zero-order valence-corrected chi connectivity index (χ0v) is 17.6. The van der Waals surface area contributed by atoms with Crippen LogP contribution in [0, 0.1) is 10.8 Å². The van der Waals surface area contributed by atoms with E-state index in [4.69, 9.17) is 4.43 Å². The summed E-state index contributed by atoms with van der Waals surface area (Å²) in [5, 5.41) is 1.59. The predicted octanol–water partition coefficient (Wildman–Crippen LogP) is 5.05. The molecule has 0 bridgehead atoms. The fraction of sp³-hybridized carbons (Fsp3) is 0.650. The van der Waals surface area contributed by atoms with Crippen LogP contribution >= 0.6 is 0 Å². The molecule has 26 heavy (non-hydrogen) atoms. The van der Waals surface area contributed by atoms with Crippen molar-refractivity contribution >= 4 is 19.9 Å². The summed E-state index contributed by atoms with van der Waals surface area (Å²) in [5.74, 6) is 0.194. The monoisotopic (exact) mass is 375 g/mol. The molecule has 0 atom stereocenters. The number of nitroso groups, excluding NO2 is 1. The van der Waals surface area contributed by atoms with E-state index in [1.54, 1.807) is 24.3 Å². The molecule has 0 radical (unpaired) electrons. The summed E-state index contributed by atoms with van der Waals surface area (Å²) in [6.45, 7) is 11.9. The van der Waals surface area contributed by atoms with E-state index in [2.05, 4.69) is 33.9 Å². The maximum atomic E-state index is 12.5. The molecule has 1 saturated carbocycles. The molecule has 1 aromatic carbocycles. The van der Waals surface area contributed by atoms with Crippen molar-refractivity contribution in [3.05, 3.63) is 34.7 Å². The standard InChI is InChI=1S/C20H31N2O3Si/c1-20(2,3)26(4,5)25-16-12-10-15(11-13-16)14-21-19(23)17-8-6-7-9-18(17)22(21)24/h6-9,15-16H,10-14H2,1-5H3/q+1. The third-order valence-electron chi connectivity index (χ3n) is 6.29. The summed E-state index contributed by atoms with van der Waals surface area (Å²) in [4.78, 5) is 25.7. The van der Waals surface area contributed by atoms with Gasteiger partial charge in [0.25, 0.3) is 0 Å². The first-order valence-electron chi connectivity index (χ1n) is 9.66. The lowest BCUT2D eigenvalue weighted by atomic mass is 9.87. The molecule has 6 heteroatoms. The largest absolute Gasteiger partial charge is 0.414 e. The molecule has 1 aromatic rings. The average molecular weight is 376 g/mol. The van der Waals surface area contributed by atoms with E-state index in [1.165, 1.54) is 5.01 Å². The quantitative estimate of drug-likeness (QED) is 0.547. The maximum absolute atomic E-state index is 12.5. The highest BCUT2D eigenvalue weighted by Crippen LogP contribution is 2.40. The smallest absolute Gasteiger partial charge is 0.319 e. The molecule has 1 aliphatic heterocycles. The van der Waals surface area contributed by atoms with Gasteiger partial charge in [0.05, 0.1) is 11.5 Å². The molecule has 1 heterocycles. The average Bonchev–Trinajstić information content (AvgIpc) is 2.81. The second kappa shape index (κ2) is 6.89. The van der Waals surface area contributed by atoms with Crippen LogP contribution in [-0.2, 0) is 4.43 Å². The first-order valence-corrected chi connectivity index (χ1v) is 12.6. The van der Waals surface area contributed by atoms with Gasteiger partial charge < -0.3 is 4.43 Å². The summed E-state index contributed by atoms with van der Waals surface area (Å²) in [6.07, 6.45) is 4.37. The normalized spacial score (nSPS) is 24.1. The van der Waals surface area contributed by atoms with Gasteiger partial charge in [0.15, 0.2) is 13.2 Å². The third-order valence-corrected chi connectivity index (χ3v) is 10.8. The fourth-order valence-corrected chi connectivity index (χ4v) is 5.02. The van der Waals surface area contributed by atoms with Crippen LogP contribution in [0.25, 0.3) is 0 Å². The lowest BCUT2D eigenvalue weighted by Crippen LogP contribution is -2.45. The van der Waals surface area contributed by atoms with E-state index in [9.17, 15) is 9.70 Å². The second-order valence-electron chi connectivity index (χ2n) is 9.20. The molecule has 0 unspecified atom stereocenters. The molecule has 1 aliphatic carbocycles. The van der Waals surface area contributed by atoms with Crippen molar-refractivity contribution in [1.29, 1.82) is 0 Å². The minimum Gasteiger partial charge on any atom is -0.414 e. The number of nitrogens with zero attached hydrogens (tertiary/aromatic N) is 2. The molecule has 2 aliphatic rings. The first-order chi connectivity index (χ1) is 12.1. The maximum Gasteiger partial charge on any atom is 0.319 e. The Labute approximate surface area is 157 Å². The zero-order chi connectivity index (χ0) is 19.1. The van der Waals surface area contributed by atoms with Crippen molar-refractivity contribution in [2.24, 2.45) is 5.92 Å². The van der Waals surface area contributed by atoms with Crippen LogP contribution in [0.3, 0.4) is 0 Å². The molecule has 1 amide bonds. The lowest BCUT2D eigenvalue weighted by Gasteiger charge is -2.41. The summed E-state index contributed by atoms with van der Waals surface area (Å²) in [6, 6.07) is 7.04.